The number of aliphatic hydroxyl groups excluding tert-OH is 2. The van der Waals surface area contributed by atoms with Crippen molar-refractivity contribution in [3.05, 3.63) is 52.7 Å². The summed E-state index contributed by atoms with van der Waals surface area (Å²) < 4.78 is 11.1. The summed E-state index contributed by atoms with van der Waals surface area (Å²) in [5.74, 6) is 2.58. The number of aryl methyl sites for hydroxylation is 2. The van der Waals surface area contributed by atoms with Crippen molar-refractivity contribution in [2.75, 3.05) is 43.3 Å². The number of hydrogen-bond acceptors (Lipinski definition) is 10. The van der Waals surface area contributed by atoms with Crippen molar-refractivity contribution in [2.24, 2.45) is 0 Å². The molecule has 4 aromatic rings. The number of pyridine rings is 1. The van der Waals surface area contributed by atoms with E-state index in [0.717, 1.165) is 43.4 Å². The van der Waals surface area contributed by atoms with Crippen LogP contribution in [0.25, 0.3) is 21.3 Å². The lowest BCUT2D eigenvalue weighted by molar-refractivity contribution is 0.174. The Bertz CT molecular complexity index is 1350. The van der Waals surface area contributed by atoms with Gasteiger partial charge in [0.05, 0.1) is 30.8 Å². The molecule has 10 heteroatoms. The van der Waals surface area contributed by atoms with Gasteiger partial charge in [-0.2, -0.15) is 4.98 Å². The second kappa shape index (κ2) is 10.0. The number of fused-ring (bicyclic) bond motifs is 2. The molecule has 3 aromatic heterocycles. The first-order chi connectivity index (χ1) is 17.1. The van der Waals surface area contributed by atoms with E-state index in [2.05, 4.69) is 17.2 Å². The number of aromatic nitrogens is 3. The first-order valence-corrected chi connectivity index (χ1v) is 12.2. The quantitative estimate of drug-likeness (QED) is 0.322. The molecule has 0 radical (unpaired) electrons. The number of rotatable bonds is 9. The largest absolute Gasteiger partial charge is 0.454 e. The molecule has 0 saturated heterocycles. The van der Waals surface area contributed by atoms with Crippen LogP contribution < -0.4 is 19.7 Å². The number of nitrogens with zero attached hydrogens (tertiary/aromatic N) is 4. The van der Waals surface area contributed by atoms with Crippen LogP contribution in [0.3, 0.4) is 0 Å². The van der Waals surface area contributed by atoms with Crippen LogP contribution in [0.5, 0.6) is 11.5 Å². The minimum atomic E-state index is -0.0662. The lowest BCUT2D eigenvalue weighted by Gasteiger charge is -2.21. The van der Waals surface area contributed by atoms with Crippen LogP contribution in [-0.2, 0) is 6.54 Å². The molecular formula is C25H27N5O4S. The van der Waals surface area contributed by atoms with Crippen LogP contribution in [-0.4, -0.2) is 58.3 Å². The monoisotopic (exact) mass is 493 g/mol. The Morgan fingerprint density at radius 2 is 1.80 bits per heavy atom. The molecule has 5 rings (SSSR count). The lowest BCUT2D eigenvalue weighted by Crippen LogP contribution is -2.31. The third-order valence-corrected chi connectivity index (χ3v) is 6.78. The number of hydrogen-bond donors (Lipinski definition) is 3. The van der Waals surface area contributed by atoms with Gasteiger partial charge in [0.25, 0.3) is 0 Å². The highest BCUT2D eigenvalue weighted by molar-refractivity contribution is 7.19. The molecule has 1 aliphatic heterocycles. The number of aliphatic hydroxyl groups is 2. The molecule has 0 fully saturated rings. The normalized spacial score (nSPS) is 12.3. The van der Waals surface area contributed by atoms with Gasteiger partial charge in [0.2, 0.25) is 12.7 Å². The highest BCUT2D eigenvalue weighted by Gasteiger charge is 2.22. The van der Waals surface area contributed by atoms with Gasteiger partial charge < -0.3 is 29.9 Å². The van der Waals surface area contributed by atoms with Gasteiger partial charge in [-0.15, -0.1) is 11.3 Å². The maximum absolute atomic E-state index is 9.54. The van der Waals surface area contributed by atoms with Gasteiger partial charge in [-0.1, -0.05) is 12.1 Å². The SMILES string of the molecule is Cc1cccc(CNc2nc(N(CCO)CCO)nc3sc(C)c(-c4ccc5c(c4)OCO5)c23)n1. The second-order valence-electron chi connectivity index (χ2n) is 8.21. The molecule has 1 aromatic carbocycles. The molecule has 0 amide bonds. The van der Waals surface area contributed by atoms with Gasteiger partial charge in [0.15, 0.2) is 11.5 Å². The van der Waals surface area contributed by atoms with Crippen molar-refractivity contribution in [1.29, 1.82) is 0 Å². The maximum atomic E-state index is 9.54. The molecule has 0 atom stereocenters. The van der Waals surface area contributed by atoms with E-state index in [1.807, 2.05) is 43.3 Å². The van der Waals surface area contributed by atoms with E-state index in [0.29, 0.717) is 37.1 Å². The van der Waals surface area contributed by atoms with Gasteiger partial charge in [-0.3, -0.25) is 4.98 Å². The maximum Gasteiger partial charge on any atom is 0.231 e. The van der Waals surface area contributed by atoms with E-state index in [1.54, 1.807) is 16.2 Å². The third-order valence-electron chi connectivity index (χ3n) is 5.78. The lowest BCUT2D eigenvalue weighted by atomic mass is 10.0. The number of benzene rings is 1. The van der Waals surface area contributed by atoms with Crippen LogP contribution in [0, 0.1) is 13.8 Å². The zero-order valence-electron chi connectivity index (χ0n) is 19.6. The molecule has 9 nitrogen and oxygen atoms in total. The molecule has 3 N–H and O–H groups in total. The van der Waals surface area contributed by atoms with E-state index in [9.17, 15) is 10.2 Å². The molecule has 182 valence electrons. The van der Waals surface area contributed by atoms with Gasteiger partial charge in [0, 0.05) is 29.2 Å². The summed E-state index contributed by atoms with van der Waals surface area (Å²) in [6.45, 7) is 5.25. The molecule has 0 unspecified atom stereocenters. The molecule has 0 aliphatic carbocycles. The van der Waals surface area contributed by atoms with E-state index < -0.39 is 0 Å². The van der Waals surface area contributed by atoms with Crippen molar-refractivity contribution < 1.29 is 19.7 Å². The number of ether oxygens (including phenoxy) is 2. The third kappa shape index (κ3) is 4.72. The van der Waals surface area contributed by atoms with Gasteiger partial charge >= 0.3 is 0 Å². The fourth-order valence-electron chi connectivity index (χ4n) is 4.19. The van der Waals surface area contributed by atoms with Crippen LogP contribution in [0.2, 0.25) is 0 Å². The first kappa shape index (κ1) is 23.3. The summed E-state index contributed by atoms with van der Waals surface area (Å²) in [6, 6.07) is 11.8. The standard InChI is InChI=1S/C25H27N5O4S/c1-15-4-3-5-18(27-15)13-26-23-22-21(17-6-7-19-20(12-17)34-14-33-19)16(2)35-24(22)29-25(28-23)30(8-10-31)9-11-32/h3-7,12,31-32H,8-11,13-14H2,1-2H3,(H,26,28,29). The van der Waals surface area contributed by atoms with Crippen molar-refractivity contribution in [1.82, 2.24) is 15.0 Å². The topological polar surface area (TPSA) is 113 Å². The predicted octanol–water partition coefficient (Wildman–Crippen LogP) is 3.50. The Hall–Kier alpha value is -3.47. The van der Waals surface area contributed by atoms with Crippen molar-refractivity contribution >= 4 is 33.3 Å². The average molecular weight is 494 g/mol. The molecule has 0 saturated carbocycles. The molecule has 0 bridgehead atoms. The van der Waals surface area contributed by atoms with E-state index in [-0.39, 0.29) is 20.0 Å². The Morgan fingerprint density at radius 3 is 2.57 bits per heavy atom. The smallest absolute Gasteiger partial charge is 0.231 e. The van der Waals surface area contributed by atoms with Crippen LogP contribution >= 0.6 is 11.3 Å². The Labute approximate surface area is 207 Å². The fraction of sp³-hybridized carbons (Fsp3) is 0.320. The number of thiophene rings is 1. The highest BCUT2D eigenvalue weighted by atomic mass is 32.1. The molecule has 35 heavy (non-hydrogen) atoms. The fourth-order valence-corrected chi connectivity index (χ4v) is 5.23. The minimum absolute atomic E-state index is 0.0662. The second-order valence-corrected chi connectivity index (χ2v) is 9.41. The van der Waals surface area contributed by atoms with Gasteiger partial charge in [0.1, 0.15) is 10.6 Å². The number of anilines is 2. The summed E-state index contributed by atoms with van der Waals surface area (Å²) in [5, 5.41) is 23.5. The van der Waals surface area contributed by atoms with Crippen LogP contribution in [0.4, 0.5) is 11.8 Å². The summed E-state index contributed by atoms with van der Waals surface area (Å²) in [7, 11) is 0. The molecule has 0 spiro atoms. The first-order valence-electron chi connectivity index (χ1n) is 11.4. The van der Waals surface area contributed by atoms with E-state index in [1.165, 1.54) is 0 Å². The van der Waals surface area contributed by atoms with Crippen molar-refractivity contribution in [3.8, 4) is 22.6 Å². The summed E-state index contributed by atoms with van der Waals surface area (Å²) in [6.07, 6.45) is 0. The number of nitrogens with one attached hydrogen (secondary N) is 1. The van der Waals surface area contributed by atoms with Crippen LogP contribution in [0.15, 0.2) is 36.4 Å². The van der Waals surface area contributed by atoms with Crippen molar-refractivity contribution in [2.45, 2.75) is 20.4 Å². The zero-order chi connectivity index (χ0) is 24.4. The van der Waals surface area contributed by atoms with E-state index in [4.69, 9.17) is 19.4 Å². The predicted molar refractivity (Wildman–Crippen MR) is 136 cm³/mol. The minimum Gasteiger partial charge on any atom is -0.454 e. The average Bonchev–Trinajstić information content (AvgIpc) is 3.45. The highest BCUT2D eigenvalue weighted by Crippen LogP contribution is 2.44. The zero-order valence-corrected chi connectivity index (χ0v) is 20.4. The van der Waals surface area contributed by atoms with Crippen LogP contribution in [0.1, 0.15) is 16.3 Å². The van der Waals surface area contributed by atoms with Gasteiger partial charge in [-0.25, -0.2) is 4.98 Å². The summed E-state index contributed by atoms with van der Waals surface area (Å²) in [5.41, 5.74) is 3.87. The Balaban J connectivity index is 1.63. The summed E-state index contributed by atoms with van der Waals surface area (Å²) >= 11 is 1.58. The van der Waals surface area contributed by atoms with E-state index >= 15 is 0 Å². The molecular weight excluding hydrogens is 466 g/mol. The summed E-state index contributed by atoms with van der Waals surface area (Å²) in [4.78, 5) is 18.0. The molecule has 4 heterocycles. The van der Waals surface area contributed by atoms with Gasteiger partial charge in [-0.05, 0) is 43.7 Å². The Kier molecular flexibility index (Phi) is 6.67. The molecule has 1 aliphatic rings. The van der Waals surface area contributed by atoms with Crippen molar-refractivity contribution in [3.63, 3.8) is 0 Å². The Morgan fingerprint density at radius 1 is 1.00 bits per heavy atom.